The van der Waals surface area contributed by atoms with Crippen molar-refractivity contribution >= 4 is 0 Å². The Bertz CT molecular complexity index is 407. The predicted octanol–water partition coefficient (Wildman–Crippen LogP) is 3.18. The van der Waals surface area contributed by atoms with Gasteiger partial charge >= 0.3 is 0 Å². The lowest BCUT2D eigenvalue weighted by molar-refractivity contribution is 0.295. The first-order valence-electron chi connectivity index (χ1n) is 5.96. The Morgan fingerprint density at radius 3 is 2.82 bits per heavy atom. The zero-order chi connectivity index (χ0) is 12.4. The molecule has 2 nitrogen and oxygen atoms in total. The van der Waals surface area contributed by atoms with E-state index in [9.17, 15) is 8.78 Å². The van der Waals surface area contributed by atoms with Crippen molar-refractivity contribution in [3.05, 3.63) is 29.3 Å². The molecule has 1 aromatic rings. The summed E-state index contributed by atoms with van der Waals surface area (Å²) in [7, 11) is 0. The van der Waals surface area contributed by atoms with Crippen molar-refractivity contribution in [3.63, 3.8) is 0 Å². The molecule has 2 rings (SSSR count). The predicted molar refractivity (Wildman–Crippen MR) is 62.1 cm³/mol. The van der Waals surface area contributed by atoms with Crippen LogP contribution in [0.25, 0.3) is 0 Å². The van der Waals surface area contributed by atoms with Gasteiger partial charge < -0.3 is 10.1 Å². The third kappa shape index (κ3) is 2.57. The molecule has 1 aliphatic heterocycles. The first-order valence-corrected chi connectivity index (χ1v) is 5.96. The number of benzene rings is 1. The summed E-state index contributed by atoms with van der Waals surface area (Å²) in [5, 5.41) is 3.36. The van der Waals surface area contributed by atoms with Crippen LogP contribution < -0.4 is 10.1 Å². The summed E-state index contributed by atoms with van der Waals surface area (Å²) in [5.74, 6) is -1.66. The summed E-state index contributed by atoms with van der Waals surface area (Å²) in [6, 6.07) is 3.10. The topological polar surface area (TPSA) is 21.3 Å². The van der Waals surface area contributed by atoms with Crippen molar-refractivity contribution in [2.45, 2.75) is 38.8 Å². The number of nitrogens with one attached hydrogen (secondary N) is 1. The van der Waals surface area contributed by atoms with Gasteiger partial charge in [-0.05, 0) is 18.9 Å². The van der Waals surface area contributed by atoms with Crippen molar-refractivity contribution in [1.29, 1.82) is 0 Å². The lowest BCUT2D eigenvalue weighted by Crippen LogP contribution is -2.28. The molecule has 0 amide bonds. The Balaban J connectivity index is 2.39. The molecule has 1 unspecified atom stereocenters. The fraction of sp³-hybridized carbons (Fsp3) is 0.538. The van der Waals surface area contributed by atoms with Crippen LogP contribution in [-0.2, 0) is 0 Å². The van der Waals surface area contributed by atoms with Crippen LogP contribution in [-0.4, -0.2) is 12.6 Å². The Kier molecular flexibility index (Phi) is 3.62. The highest BCUT2D eigenvalue weighted by atomic mass is 19.2. The smallest absolute Gasteiger partial charge is 0.200 e. The van der Waals surface area contributed by atoms with Crippen molar-refractivity contribution in [2.24, 2.45) is 0 Å². The minimum atomic E-state index is -0.875. The SMILES string of the molecule is CC(C)NC1CCCOc2c1ccc(F)c2F. The molecule has 0 saturated carbocycles. The number of rotatable bonds is 2. The normalized spacial score (nSPS) is 19.7. The molecule has 1 N–H and O–H groups in total. The standard InChI is InChI=1S/C13H17F2NO/c1-8(2)16-11-4-3-7-17-13-9(11)5-6-10(14)12(13)15/h5-6,8,11,16H,3-4,7H2,1-2H3. The fourth-order valence-electron chi connectivity index (χ4n) is 2.16. The average Bonchev–Trinajstić information content (AvgIpc) is 2.46. The first-order chi connectivity index (χ1) is 8.09. The van der Waals surface area contributed by atoms with Crippen LogP contribution in [0.2, 0.25) is 0 Å². The lowest BCUT2D eigenvalue weighted by Gasteiger charge is -2.21. The second-order valence-corrected chi connectivity index (χ2v) is 4.64. The minimum Gasteiger partial charge on any atom is -0.490 e. The molecule has 4 heteroatoms. The lowest BCUT2D eigenvalue weighted by atomic mass is 10.0. The Hall–Kier alpha value is -1.16. The van der Waals surface area contributed by atoms with E-state index in [0.29, 0.717) is 12.6 Å². The molecule has 17 heavy (non-hydrogen) atoms. The number of fused-ring (bicyclic) bond motifs is 1. The summed E-state index contributed by atoms with van der Waals surface area (Å²) in [4.78, 5) is 0. The third-order valence-corrected chi connectivity index (χ3v) is 2.87. The van der Waals surface area contributed by atoms with Gasteiger partial charge in [0.15, 0.2) is 11.6 Å². The van der Waals surface area contributed by atoms with E-state index < -0.39 is 11.6 Å². The summed E-state index contributed by atoms with van der Waals surface area (Å²) in [5.41, 5.74) is 0.718. The number of hydrogen-bond acceptors (Lipinski definition) is 2. The molecular formula is C13H17F2NO. The van der Waals surface area contributed by atoms with Crippen LogP contribution in [0.3, 0.4) is 0 Å². The largest absolute Gasteiger partial charge is 0.490 e. The van der Waals surface area contributed by atoms with Crippen molar-refractivity contribution in [2.75, 3.05) is 6.61 Å². The van der Waals surface area contributed by atoms with Gasteiger partial charge in [-0.25, -0.2) is 4.39 Å². The highest BCUT2D eigenvalue weighted by Crippen LogP contribution is 2.34. The number of halogens is 2. The summed E-state index contributed by atoms with van der Waals surface area (Å²) < 4.78 is 32.1. The van der Waals surface area contributed by atoms with Crippen molar-refractivity contribution in [3.8, 4) is 5.75 Å². The van der Waals surface area contributed by atoms with E-state index >= 15 is 0 Å². The molecule has 1 aliphatic rings. The van der Waals surface area contributed by atoms with E-state index in [-0.39, 0.29) is 11.8 Å². The molecule has 1 atom stereocenters. The first kappa shape index (κ1) is 12.3. The van der Waals surface area contributed by atoms with Gasteiger partial charge in [-0.1, -0.05) is 19.9 Å². The second kappa shape index (κ2) is 5.00. The van der Waals surface area contributed by atoms with E-state index in [0.717, 1.165) is 24.5 Å². The Labute approximate surface area is 100.0 Å². The fourth-order valence-corrected chi connectivity index (χ4v) is 2.16. The van der Waals surface area contributed by atoms with Gasteiger partial charge in [-0.3, -0.25) is 0 Å². The molecule has 0 fully saturated rings. The van der Waals surface area contributed by atoms with Crippen LogP contribution in [0.5, 0.6) is 5.75 Å². The minimum absolute atomic E-state index is 0.0302. The van der Waals surface area contributed by atoms with Crippen molar-refractivity contribution in [1.82, 2.24) is 5.32 Å². The van der Waals surface area contributed by atoms with Gasteiger partial charge in [-0.15, -0.1) is 0 Å². The number of ether oxygens (including phenoxy) is 1. The molecule has 0 aliphatic carbocycles. The zero-order valence-corrected chi connectivity index (χ0v) is 10.1. The third-order valence-electron chi connectivity index (χ3n) is 2.87. The second-order valence-electron chi connectivity index (χ2n) is 4.64. The molecule has 0 saturated heterocycles. The summed E-state index contributed by atoms with van der Waals surface area (Å²) in [6.07, 6.45) is 1.70. The van der Waals surface area contributed by atoms with Crippen LogP contribution >= 0.6 is 0 Å². The molecule has 94 valence electrons. The van der Waals surface area contributed by atoms with E-state index in [1.807, 2.05) is 13.8 Å². The monoisotopic (exact) mass is 241 g/mol. The summed E-state index contributed by atoms with van der Waals surface area (Å²) in [6.45, 7) is 4.50. The van der Waals surface area contributed by atoms with Crippen LogP contribution in [0, 0.1) is 11.6 Å². The van der Waals surface area contributed by atoms with Crippen LogP contribution in [0.4, 0.5) is 8.78 Å². The molecule has 0 radical (unpaired) electrons. The molecule has 0 bridgehead atoms. The summed E-state index contributed by atoms with van der Waals surface area (Å²) >= 11 is 0. The molecule has 0 spiro atoms. The van der Waals surface area contributed by atoms with Crippen molar-refractivity contribution < 1.29 is 13.5 Å². The van der Waals surface area contributed by atoms with Crippen LogP contribution in [0.1, 0.15) is 38.3 Å². The zero-order valence-electron chi connectivity index (χ0n) is 10.1. The van der Waals surface area contributed by atoms with Crippen LogP contribution in [0.15, 0.2) is 12.1 Å². The van der Waals surface area contributed by atoms with Gasteiger partial charge in [0, 0.05) is 17.6 Å². The maximum absolute atomic E-state index is 13.6. The maximum Gasteiger partial charge on any atom is 0.200 e. The maximum atomic E-state index is 13.6. The molecule has 0 aromatic heterocycles. The Morgan fingerprint density at radius 2 is 2.12 bits per heavy atom. The van der Waals surface area contributed by atoms with E-state index in [1.165, 1.54) is 0 Å². The number of hydrogen-bond donors (Lipinski definition) is 1. The quantitative estimate of drug-likeness (QED) is 0.858. The highest BCUT2D eigenvalue weighted by Gasteiger charge is 2.24. The molecule has 1 aromatic carbocycles. The van der Waals surface area contributed by atoms with E-state index in [2.05, 4.69) is 5.32 Å². The highest BCUT2D eigenvalue weighted by molar-refractivity contribution is 5.38. The van der Waals surface area contributed by atoms with Gasteiger partial charge in [0.25, 0.3) is 0 Å². The van der Waals surface area contributed by atoms with E-state index in [1.54, 1.807) is 6.07 Å². The molecular weight excluding hydrogens is 224 g/mol. The molecule has 1 heterocycles. The van der Waals surface area contributed by atoms with E-state index in [4.69, 9.17) is 4.74 Å². The van der Waals surface area contributed by atoms with Gasteiger partial charge in [0.05, 0.1) is 6.61 Å². The van der Waals surface area contributed by atoms with Gasteiger partial charge in [0.1, 0.15) is 0 Å². The van der Waals surface area contributed by atoms with Gasteiger partial charge in [0.2, 0.25) is 5.82 Å². The average molecular weight is 241 g/mol. The Morgan fingerprint density at radius 1 is 1.35 bits per heavy atom. The van der Waals surface area contributed by atoms with Gasteiger partial charge in [-0.2, -0.15) is 4.39 Å².